The first kappa shape index (κ1) is 43.2. The van der Waals surface area contributed by atoms with Crippen molar-refractivity contribution in [2.45, 2.75) is 118 Å². The molecule has 0 aliphatic carbocycles. The maximum atomic E-state index is 13.3. The number of nitrogens with one attached hydrogen (secondary N) is 2. The molecule has 278 valence electrons. The van der Waals surface area contributed by atoms with Gasteiger partial charge in [-0.3, -0.25) is 38.7 Å². The highest BCUT2D eigenvalue weighted by Crippen LogP contribution is 2.14. The molecule has 1 rings (SSSR count). The van der Waals surface area contributed by atoms with E-state index < -0.39 is 52.3 Å². The van der Waals surface area contributed by atoms with Crippen molar-refractivity contribution >= 4 is 29.8 Å². The van der Waals surface area contributed by atoms with Gasteiger partial charge in [0.05, 0.1) is 19.6 Å². The molecular formula is C34H63N5O9. The van der Waals surface area contributed by atoms with E-state index in [9.17, 15) is 24.0 Å². The van der Waals surface area contributed by atoms with Crippen molar-refractivity contribution in [3.05, 3.63) is 0 Å². The lowest BCUT2D eigenvalue weighted by Crippen LogP contribution is -2.54. The third kappa shape index (κ3) is 21.9. The predicted molar refractivity (Wildman–Crippen MR) is 182 cm³/mol. The number of hydrogen-bond acceptors (Lipinski definition) is 13. The second kappa shape index (κ2) is 18.8. The van der Waals surface area contributed by atoms with Crippen LogP contribution in [0.15, 0.2) is 0 Å². The third-order valence-electron chi connectivity index (χ3n) is 6.47. The van der Waals surface area contributed by atoms with E-state index in [0.717, 1.165) is 0 Å². The Morgan fingerprint density at radius 3 is 1.50 bits per heavy atom. The zero-order valence-corrected chi connectivity index (χ0v) is 31.6. The third-order valence-corrected chi connectivity index (χ3v) is 6.47. The van der Waals surface area contributed by atoms with Crippen molar-refractivity contribution in [1.82, 2.24) is 25.3 Å². The van der Waals surface area contributed by atoms with E-state index >= 15 is 0 Å². The van der Waals surface area contributed by atoms with Gasteiger partial charge in [-0.15, -0.1) is 0 Å². The lowest BCUT2D eigenvalue weighted by Gasteiger charge is -2.37. The minimum Gasteiger partial charge on any atom is -0.459 e. The Hall–Kier alpha value is -2.81. The van der Waals surface area contributed by atoms with Gasteiger partial charge < -0.3 is 29.6 Å². The van der Waals surface area contributed by atoms with Gasteiger partial charge in [-0.25, -0.2) is 0 Å². The molecule has 1 saturated heterocycles. The van der Waals surface area contributed by atoms with Gasteiger partial charge in [0.25, 0.3) is 0 Å². The van der Waals surface area contributed by atoms with Crippen molar-refractivity contribution in [2.24, 2.45) is 0 Å². The molecule has 0 spiro atoms. The van der Waals surface area contributed by atoms with Gasteiger partial charge in [-0.1, -0.05) is 0 Å². The lowest BCUT2D eigenvalue weighted by atomic mass is 10.1. The van der Waals surface area contributed by atoms with E-state index in [0.29, 0.717) is 39.3 Å². The van der Waals surface area contributed by atoms with E-state index in [1.54, 1.807) is 62.3 Å². The van der Waals surface area contributed by atoms with Crippen LogP contribution < -0.4 is 10.6 Å². The maximum Gasteiger partial charge on any atom is 0.325 e. The van der Waals surface area contributed by atoms with Gasteiger partial charge in [0.2, 0.25) is 5.91 Å². The largest absolute Gasteiger partial charge is 0.459 e. The molecule has 1 atom stereocenters. The fourth-order valence-electron chi connectivity index (χ4n) is 4.86. The summed E-state index contributed by atoms with van der Waals surface area (Å²) in [6.07, 6.45) is -0.0714. The fraction of sp³-hybridized carbons (Fsp3) is 0.853. The predicted octanol–water partition coefficient (Wildman–Crippen LogP) is 1.74. The van der Waals surface area contributed by atoms with Crippen LogP contribution in [-0.4, -0.2) is 145 Å². The highest BCUT2D eigenvalue weighted by molar-refractivity contribution is 5.82. The molecule has 0 aromatic heterocycles. The van der Waals surface area contributed by atoms with Crippen molar-refractivity contribution < 1.29 is 42.9 Å². The number of carbonyl (C=O) groups is 5. The minimum atomic E-state index is -0.707. The van der Waals surface area contributed by atoms with Gasteiger partial charge >= 0.3 is 23.9 Å². The van der Waals surface area contributed by atoms with Gasteiger partial charge in [0.1, 0.15) is 28.9 Å². The van der Waals surface area contributed by atoms with Crippen molar-refractivity contribution in [3.63, 3.8) is 0 Å². The van der Waals surface area contributed by atoms with Crippen LogP contribution in [0.3, 0.4) is 0 Å². The fourth-order valence-corrected chi connectivity index (χ4v) is 4.86. The van der Waals surface area contributed by atoms with E-state index in [1.165, 1.54) is 0 Å². The molecule has 1 aliphatic heterocycles. The first-order chi connectivity index (χ1) is 21.8. The Kier molecular flexibility index (Phi) is 16.9. The standard InChI is InChI=1S/C34H63N5O9/c1-31(2,3)45-27(41)20-36-26(40)19-25-21-38(23-29(43)47-33(7,8)9)18-17-37(22-28(42)46-32(4,5)6)15-13-35-14-16-39(25)24-30(44)48-34(10,11)12/h25,35H,13-24H2,1-12H3,(H,36,40). The molecule has 48 heavy (non-hydrogen) atoms. The zero-order chi connectivity index (χ0) is 36.9. The summed E-state index contributed by atoms with van der Waals surface area (Å²) in [5.41, 5.74) is -2.74. The van der Waals surface area contributed by atoms with Crippen LogP contribution in [0.1, 0.15) is 89.5 Å². The topological polar surface area (TPSA) is 156 Å². The number of esters is 4. The molecule has 1 fully saturated rings. The van der Waals surface area contributed by atoms with E-state index in [1.807, 2.05) is 35.5 Å². The summed E-state index contributed by atoms with van der Waals surface area (Å²) in [6.45, 7) is 24.0. The average Bonchev–Trinajstić information content (AvgIpc) is 2.84. The Morgan fingerprint density at radius 1 is 0.583 bits per heavy atom. The zero-order valence-electron chi connectivity index (χ0n) is 31.6. The molecule has 0 aromatic carbocycles. The monoisotopic (exact) mass is 685 g/mol. The van der Waals surface area contributed by atoms with Gasteiger partial charge in [0, 0.05) is 58.3 Å². The lowest BCUT2D eigenvalue weighted by molar-refractivity contribution is -0.159. The van der Waals surface area contributed by atoms with Gasteiger partial charge in [0.15, 0.2) is 0 Å². The summed E-state index contributed by atoms with van der Waals surface area (Å²) in [5.74, 6) is -2.22. The SMILES string of the molecule is CC(C)(C)OC(=O)CNC(=O)CC1CN(CC(=O)OC(C)(C)C)CCN(CC(=O)OC(C)(C)C)CCNCCN1CC(=O)OC(C)(C)C. The first-order valence-corrected chi connectivity index (χ1v) is 16.8. The Morgan fingerprint density at radius 2 is 1.00 bits per heavy atom. The minimum absolute atomic E-state index is 0.0699. The molecule has 0 aromatic rings. The molecule has 0 saturated carbocycles. The molecule has 14 nitrogen and oxygen atoms in total. The van der Waals surface area contributed by atoms with Crippen LogP contribution in [0.25, 0.3) is 0 Å². The number of carbonyl (C=O) groups excluding carboxylic acids is 5. The Bertz CT molecular complexity index is 1070. The quantitative estimate of drug-likeness (QED) is 0.254. The number of rotatable bonds is 10. The first-order valence-electron chi connectivity index (χ1n) is 16.8. The van der Waals surface area contributed by atoms with Crippen LogP contribution in [0.4, 0.5) is 0 Å². The molecule has 1 aliphatic rings. The Balaban J connectivity index is 3.36. The van der Waals surface area contributed by atoms with Crippen LogP contribution in [0.5, 0.6) is 0 Å². The van der Waals surface area contributed by atoms with E-state index in [4.69, 9.17) is 18.9 Å². The summed E-state index contributed by atoms with van der Waals surface area (Å²) >= 11 is 0. The Labute approximate surface area is 287 Å². The van der Waals surface area contributed by atoms with Crippen LogP contribution in [0, 0.1) is 0 Å². The molecule has 1 unspecified atom stereocenters. The van der Waals surface area contributed by atoms with Crippen LogP contribution in [-0.2, 0) is 42.9 Å². The molecule has 0 bridgehead atoms. The van der Waals surface area contributed by atoms with Crippen LogP contribution in [0.2, 0.25) is 0 Å². The second-order valence-corrected chi connectivity index (χ2v) is 16.2. The van der Waals surface area contributed by atoms with Crippen molar-refractivity contribution in [3.8, 4) is 0 Å². The van der Waals surface area contributed by atoms with Crippen molar-refractivity contribution in [1.29, 1.82) is 0 Å². The average molecular weight is 686 g/mol. The van der Waals surface area contributed by atoms with E-state index in [2.05, 4.69) is 10.6 Å². The van der Waals surface area contributed by atoms with Crippen molar-refractivity contribution in [2.75, 3.05) is 72.0 Å². The summed E-state index contributed by atoms with van der Waals surface area (Å²) < 4.78 is 22.1. The number of amides is 1. The molecule has 1 amide bonds. The van der Waals surface area contributed by atoms with E-state index in [-0.39, 0.29) is 45.1 Å². The molecule has 2 N–H and O–H groups in total. The molecular weight excluding hydrogens is 622 g/mol. The highest BCUT2D eigenvalue weighted by atomic mass is 16.6. The molecule has 0 radical (unpaired) electrons. The second-order valence-electron chi connectivity index (χ2n) is 16.2. The maximum absolute atomic E-state index is 13.3. The van der Waals surface area contributed by atoms with Gasteiger partial charge in [-0.2, -0.15) is 0 Å². The number of nitrogens with zero attached hydrogens (tertiary/aromatic N) is 3. The summed E-state index contributed by atoms with van der Waals surface area (Å²) in [4.78, 5) is 70.1. The van der Waals surface area contributed by atoms with Crippen LogP contribution >= 0.6 is 0 Å². The normalized spacial score (nSPS) is 18.5. The smallest absolute Gasteiger partial charge is 0.325 e. The number of ether oxygens (including phenoxy) is 4. The summed E-state index contributed by atoms with van der Waals surface area (Å²) in [7, 11) is 0. The molecule has 14 heteroatoms. The molecule has 1 heterocycles. The highest BCUT2D eigenvalue weighted by Gasteiger charge is 2.31. The summed E-state index contributed by atoms with van der Waals surface area (Å²) in [6, 6.07) is -0.556. The van der Waals surface area contributed by atoms with Gasteiger partial charge in [-0.05, 0) is 83.1 Å². The number of hydrogen-bond donors (Lipinski definition) is 2. The summed E-state index contributed by atoms with van der Waals surface area (Å²) in [5, 5.41) is 6.02.